The van der Waals surface area contributed by atoms with Gasteiger partial charge < -0.3 is 10.1 Å². The van der Waals surface area contributed by atoms with Crippen LogP contribution in [0.25, 0.3) is 0 Å². The molecule has 1 fully saturated rings. The molecule has 1 aliphatic heterocycles. The van der Waals surface area contributed by atoms with Crippen molar-refractivity contribution in [1.82, 2.24) is 15.3 Å². The van der Waals surface area contributed by atoms with Crippen LogP contribution in [0.2, 0.25) is 5.02 Å². The minimum Gasteiger partial charge on any atom is -0.384 e. The van der Waals surface area contributed by atoms with Gasteiger partial charge in [-0.2, -0.15) is 0 Å². The van der Waals surface area contributed by atoms with Gasteiger partial charge in [-0.1, -0.05) is 29.8 Å². The lowest BCUT2D eigenvalue weighted by atomic mass is 9.70. The largest absolute Gasteiger partial charge is 0.384 e. The molecule has 1 aromatic heterocycles. The third-order valence-corrected chi connectivity index (χ3v) is 4.90. The number of benzene rings is 1. The van der Waals surface area contributed by atoms with E-state index in [1.807, 2.05) is 24.4 Å². The van der Waals surface area contributed by atoms with Crippen LogP contribution >= 0.6 is 11.6 Å². The quantitative estimate of drug-likeness (QED) is 0.915. The van der Waals surface area contributed by atoms with Crippen molar-refractivity contribution in [3.05, 3.63) is 58.6 Å². The zero-order valence-electron chi connectivity index (χ0n) is 13.4. The van der Waals surface area contributed by atoms with Gasteiger partial charge in [-0.3, -0.25) is 0 Å². The van der Waals surface area contributed by atoms with E-state index in [1.165, 1.54) is 5.56 Å². The van der Waals surface area contributed by atoms with Crippen LogP contribution in [0.3, 0.4) is 0 Å². The lowest BCUT2D eigenvalue weighted by Gasteiger charge is -2.38. The normalized spacial score (nSPS) is 17.1. The molecule has 0 atom stereocenters. The molecule has 3 rings (SSSR count). The summed E-state index contributed by atoms with van der Waals surface area (Å²) in [5.41, 5.74) is 2.08. The summed E-state index contributed by atoms with van der Waals surface area (Å²) in [6, 6.07) is 10.2. The molecule has 122 valence electrons. The van der Waals surface area contributed by atoms with Crippen molar-refractivity contribution in [3.63, 3.8) is 0 Å². The molecule has 4 nitrogen and oxygen atoms in total. The summed E-state index contributed by atoms with van der Waals surface area (Å²) < 4.78 is 5.15. The second-order valence-electron chi connectivity index (χ2n) is 5.91. The van der Waals surface area contributed by atoms with Crippen LogP contribution in [-0.2, 0) is 16.6 Å². The molecule has 0 aliphatic carbocycles. The number of nitrogens with zero attached hydrogens (tertiary/aromatic N) is 2. The van der Waals surface area contributed by atoms with Gasteiger partial charge in [0.05, 0.1) is 12.3 Å². The number of aromatic nitrogens is 2. The molecule has 0 unspecified atom stereocenters. The van der Waals surface area contributed by atoms with Crippen molar-refractivity contribution in [3.8, 4) is 0 Å². The van der Waals surface area contributed by atoms with E-state index in [2.05, 4.69) is 22.4 Å². The molecule has 0 radical (unpaired) electrons. The fourth-order valence-electron chi connectivity index (χ4n) is 3.35. The van der Waals surface area contributed by atoms with Crippen LogP contribution in [-0.4, -0.2) is 36.8 Å². The van der Waals surface area contributed by atoms with E-state index in [0.717, 1.165) is 48.9 Å². The molecule has 1 aromatic carbocycles. The first-order valence-electron chi connectivity index (χ1n) is 8.03. The molecule has 5 heteroatoms. The van der Waals surface area contributed by atoms with Gasteiger partial charge in [0.25, 0.3) is 0 Å². The standard InChI is InChI=1S/C18H22ClN3O/c1-23-13-7-17-21-10-6-16(22-17)18(8-11-20-12-9-18)14-4-2-3-5-15(14)19/h2-6,10,20H,7-9,11-13H2,1H3. The topological polar surface area (TPSA) is 47.0 Å². The van der Waals surface area contributed by atoms with Crippen LogP contribution in [0.4, 0.5) is 0 Å². The molecule has 0 amide bonds. The monoisotopic (exact) mass is 331 g/mol. The first kappa shape index (κ1) is 16.4. The van der Waals surface area contributed by atoms with Crippen molar-refractivity contribution in [1.29, 1.82) is 0 Å². The molecule has 2 aromatic rings. The molecular formula is C18H22ClN3O. The average molecular weight is 332 g/mol. The lowest BCUT2D eigenvalue weighted by molar-refractivity contribution is 0.200. The molecule has 0 saturated carbocycles. The predicted octanol–water partition coefficient (Wildman–Crippen LogP) is 2.99. The Kier molecular flexibility index (Phi) is 5.26. The number of halogens is 1. The van der Waals surface area contributed by atoms with Gasteiger partial charge in [0, 0.05) is 30.2 Å². The summed E-state index contributed by atoms with van der Waals surface area (Å²) >= 11 is 6.54. The smallest absolute Gasteiger partial charge is 0.130 e. The fraction of sp³-hybridized carbons (Fsp3) is 0.444. The van der Waals surface area contributed by atoms with E-state index >= 15 is 0 Å². The first-order valence-corrected chi connectivity index (χ1v) is 8.41. The maximum atomic E-state index is 6.54. The summed E-state index contributed by atoms with van der Waals surface area (Å²) in [6.45, 7) is 2.55. The van der Waals surface area contributed by atoms with Gasteiger partial charge in [-0.15, -0.1) is 0 Å². The summed E-state index contributed by atoms with van der Waals surface area (Å²) in [5, 5.41) is 4.25. The van der Waals surface area contributed by atoms with Crippen molar-refractivity contribution in [2.45, 2.75) is 24.7 Å². The van der Waals surface area contributed by atoms with Gasteiger partial charge in [0.1, 0.15) is 5.82 Å². The third kappa shape index (κ3) is 3.39. The number of rotatable bonds is 5. The summed E-state index contributed by atoms with van der Waals surface area (Å²) in [6.07, 6.45) is 4.55. The Morgan fingerprint density at radius 3 is 2.74 bits per heavy atom. The maximum absolute atomic E-state index is 6.54. The van der Waals surface area contributed by atoms with Gasteiger partial charge in [0.15, 0.2) is 0 Å². The van der Waals surface area contributed by atoms with Gasteiger partial charge >= 0.3 is 0 Å². The highest BCUT2D eigenvalue weighted by Gasteiger charge is 2.38. The third-order valence-electron chi connectivity index (χ3n) is 4.57. The Labute approximate surface area is 142 Å². The number of piperidine rings is 1. The Morgan fingerprint density at radius 2 is 2.00 bits per heavy atom. The number of hydrogen-bond acceptors (Lipinski definition) is 4. The van der Waals surface area contributed by atoms with Crippen molar-refractivity contribution in [2.24, 2.45) is 0 Å². The van der Waals surface area contributed by atoms with Crippen LogP contribution in [0, 0.1) is 0 Å². The maximum Gasteiger partial charge on any atom is 0.130 e. The van der Waals surface area contributed by atoms with Crippen molar-refractivity contribution in [2.75, 3.05) is 26.8 Å². The highest BCUT2D eigenvalue weighted by molar-refractivity contribution is 6.31. The van der Waals surface area contributed by atoms with E-state index < -0.39 is 0 Å². The Hall–Kier alpha value is -1.49. The van der Waals surface area contributed by atoms with Crippen molar-refractivity contribution < 1.29 is 4.74 Å². The number of nitrogens with one attached hydrogen (secondary N) is 1. The van der Waals surface area contributed by atoms with E-state index in [1.54, 1.807) is 7.11 Å². The second-order valence-corrected chi connectivity index (χ2v) is 6.32. The first-order chi connectivity index (χ1) is 11.3. The minimum absolute atomic E-state index is 0.144. The molecule has 1 aliphatic rings. The molecule has 1 N–H and O–H groups in total. The van der Waals surface area contributed by atoms with Crippen LogP contribution in [0.5, 0.6) is 0 Å². The van der Waals surface area contributed by atoms with Crippen LogP contribution in [0.15, 0.2) is 36.5 Å². The Morgan fingerprint density at radius 1 is 1.22 bits per heavy atom. The van der Waals surface area contributed by atoms with Gasteiger partial charge in [-0.25, -0.2) is 9.97 Å². The van der Waals surface area contributed by atoms with E-state index in [0.29, 0.717) is 6.61 Å². The number of methoxy groups -OCH3 is 1. The molecule has 23 heavy (non-hydrogen) atoms. The average Bonchev–Trinajstić information content (AvgIpc) is 2.61. The Balaban J connectivity index is 2.04. The lowest BCUT2D eigenvalue weighted by Crippen LogP contribution is -2.41. The van der Waals surface area contributed by atoms with Gasteiger partial charge in [0.2, 0.25) is 0 Å². The fourth-order valence-corrected chi connectivity index (χ4v) is 3.66. The number of ether oxygens (including phenoxy) is 1. The van der Waals surface area contributed by atoms with Gasteiger partial charge in [-0.05, 0) is 43.6 Å². The summed E-state index contributed by atoms with van der Waals surface area (Å²) in [4.78, 5) is 9.23. The number of hydrogen-bond donors (Lipinski definition) is 1. The molecular weight excluding hydrogens is 310 g/mol. The van der Waals surface area contributed by atoms with Crippen molar-refractivity contribution >= 4 is 11.6 Å². The highest BCUT2D eigenvalue weighted by atomic mass is 35.5. The minimum atomic E-state index is -0.144. The second kappa shape index (κ2) is 7.39. The molecule has 2 heterocycles. The van der Waals surface area contributed by atoms with Crippen LogP contribution < -0.4 is 5.32 Å². The SMILES string of the molecule is COCCc1nccc(C2(c3ccccc3Cl)CCNCC2)n1. The zero-order chi connectivity index (χ0) is 16.1. The van der Waals surface area contributed by atoms with E-state index in [9.17, 15) is 0 Å². The summed E-state index contributed by atoms with van der Waals surface area (Å²) in [7, 11) is 1.70. The molecule has 0 bridgehead atoms. The van der Waals surface area contributed by atoms with E-state index in [-0.39, 0.29) is 5.41 Å². The highest BCUT2D eigenvalue weighted by Crippen LogP contribution is 2.42. The molecule has 1 saturated heterocycles. The molecule has 0 spiro atoms. The van der Waals surface area contributed by atoms with E-state index in [4.69, 9.17) is 21.3 Å². The zero-order valence-corrected chi connectivity index (χ0v) is 14.1. The predicted molar refractivity (Wildman–Crippen MR) is 91.9 cm³/mol. The summed E-state index contributed by atoms with van der Waals surface area (Å²) in [5.74, 6) is 0.828. The Bertz CT molecular complexity index is 656. The van der Waals surface area contributed by atoms with Crippen LogP contribution in [0.1, 0.15) is 29.9 Å².